The van der Waals surface area contributed by atoms with Crippen molar-refractivity contribution in [3.05, 3.63) is 0 Å². The predicted octanol–water partition coefficient (Wildman–Crippen LogP) is 1.03. The van der Waals surface area contributed by atoms with Gasteiger partial charge in [-0.15, -0.1) is 0 Å². The average molecular weight is 269 g/mol. The van der Waals surface area contributed by atoms with Gasteiger partial charge in [0.25, 0.3) is 0 Å². The van der Waals surface area contributed by atoms with Gasteiger partial charge in [0.05, 0.1) is 6.61 Å². The number of likely N-dealkylation sites (N-methyl/N-ethyl adjacent to an activating group) is 2. The van der Waals surface area contributed by atoms with Gasteiger partial charge in [-0.1, -0.05) is 0 Å². The molecule has 2 rings (SSSR count). The fourth-order valence-corrected chi connectivity index (χ4v) is 2.90. The minimum absolute atomic E-state index is 0.335. The normalized spacial score (nSPS) is 28.3. The maximum Gasteiger partial charge on any atom is 0.0546 e. The highest BCUT2D eigenvalue weighted by molar-refractivity contribution is 4.90. The van der Waals surface area contributed by atoms with Crippen molar-refractivity contribution >= 4 is 0 Å². The van der Waals surface area contributed by atoms with Crippen LogP contribution in [-0.2, 0) is 4.74 Å². The Morgan fingerprint density at radius 2 is 2.00 bits per heavy atom. The Bertz CT molecular complexity index is 260. The average Bonchev–Trinajstić information content (AvgIpc) is 3.19. The molecule has 4 nitrogen and oxygen atoms in total. The van der Waals surface area contributed by atoms with Gasteiger partial charge < -0.3 is 19.9 Å². The maximum atomic E-state index is 5.79. The van der Waals surface area contributed by atoms with Gasteiger partial charge in [0.2, 0.25) is 0 Å². The number of nitrogens with one attached hydrogen (secondary N) is 1. The van der Waals surface area contributed by atoms with E-state index in [4.69, 9.17) is 4.74 Å². The Kier molecular flexibility index (Phi) is 5.63. The van der Waals surface area contributed by atoms with E-state index in [1.165, 1.54) is 25.7 Å². The third-order valence-corrected chi connectivity index (χ3v) is 4.28. The van der Waals surface area contributed by atoms with Gasteiger partial charge in [0, 0.05) is 44.2 Å². The molecule has 0 aromatic heterocycles. The van der Waals surface area contributed by atoms with Gasteiger partial charge >= 0.3 is 0 Å². The lowest BCUT2D eigenvalue weighted by atomic mass is 9.81. The minimum atomic E-state index is 0.335. The fourth-order valence-electron chi connectivity index (χ4n) is 2.90. The summed E-state index contributed by atoms with van der Waals surface area (Å²) >= 11 is 0. The van der Waals surface area contributed by atoms with Crippen LogP contribution in [0.5, 0.6) is 0 Å². The van der Waals surface area contributed by atoms with E-state index in [0.29, 0.717) is 5.41 Å². The van der Waals surface area contributed by atoms with E-state index < -0.39 is 0 Å². The molecule has 0 radical (unpaired) electrons. The van der Waals surface area contributed by atoms with E-state index in [1.54, 1.807) is 0 Å². The summed E-state index contributed by atoms with van der Waals surface area (Å²) in [6.45, 7) is 6.43. The number of ether oxygens (including phenoxy) is 1. The Morgan fingerprint density at radius 1 is 1.21 bits per heavy atom. The van der Waals surface area contributed by atoms with Gasteiger partial charge in [-0.25, -0.2) is 0 Å². The first-order valence-corrected chi connectivity index (χ1v) is 7.74. The molecule has 0 aromatic carbocycles. The van der Waals surface area contributed by atoms with Crippen LogP contribution >= 0.6 is 0 Å². The van der Waals surface area contributed by atoms with Crippen molar-refractivity contribution in [2.75, 3.05) is 60.5 Å². The smallest absolute Gasteiger partial charge is 0.0546 e. The predicted molar refractivity (Wildman–Crippen MR) is 79.6 cm³/mol. The van der Waals surface area contributed by atoms with Crippen LogP contribution < -0.4 is 5.32 Å². The largest absolute Gasteiger partial charge is 0.381 e. The van der Waals surface area contributed by atoms with E-state index in [-0.39, 0.29) is 0 Å². The van der Waals surface area contributed by atoms with Gasteiger partial charge in [0.1, 0.15) is 0 Å². The molecule has 1 heterocycles. The molecule has 1 saturated heterocycles. The van der Waals surface area contributed by atoms with E-state index >= 15 is 0 Å². The van der Waals surface area contributed by atoms with Crippen LogP contribution in [0.1, 0.15) is 25.7 Å². The Labute approximate surface area is 118 Å². The van der Waals surface area contributed by atoms with Crippen molar-refractivity contribution in [2.45, 2.75) is 31.7 Å². The molecule has 112 valence electrons. The fraction of sp³-hybridized carbons (Fsp3) is 1.00. The molecule has 1 N–H and O–H groups in total. The summed E-state index contributed by atoms with van der Waals surface area (Å²) in [5, 5.41) is 3.72. The lowest BCUT2D eigenvalue weighted by Gasteiger charge is -2.40. The van der Waals surface area contributed by atoms with Crippen molar-refractivity contribution < 1.29 is 4.74 Å². The highest BCUT2D eigenvalue weighted by Crippen LogP contribution is 2.30. The van der Waals surface area contributed by atoms with Crippen LogP contribution in [0, 0.1) is 5.41 Å². The summed E-state index contributed by atoms with van der Waals surface area (Å²) in [6.07, 6.45) is 5.26. The van der Waals surface area contributed by atoms with Crippen molar-refractivity contribution in [3.8, 4) is 0 Å². The Balaban J connectivity index is 1.80. The second-order valence-corrected chi connectivity index (χ2v) is 6.85. The molecule has 4 heteroatoms. The van der Waals surface area contributed by atoms with Gasteiger partial charge in [0.15, 0.2) is 0 Å². The molecule has 0 bridgehead atoms. The zero-order valence-electron chi connectivity index (χ0n) is 13.0. The number of rotatable bonds is 8. The second kappa shape index (κ2) is 7.02. The molecular formula is C15H31N3O. The van der Waals surface area contributed by atoms with Gasteiger partial charge in [-0.3, -0.25) is 0 Å². The quantitative estimate of drug-likeness (QED) is 0.712. The standard InChI is InChI=1S/C15H31N3O/c1-17(2)8-9-18(3)12-15(7-4-10-19-13-15)11-16-14-5-6-14/h14,16H,4-13H2,1-3H3. The molecule has 1 aliphatic heterocycles. The lowest BCUT2D eigenvalue weighted by Crippen LogP contribution is -2.49. The van der Waals surface area contributed by atoms with Crippen LogP contribution in [-0.4, -0.2) is 76.4 Å². The molecule has 1 unspecified atom stereocenters. The van der Waals surface area contributed by atoms with Crippen LogP contribution in [0.25, 0.3) is 0 Å². The number of hydrogen-bond acceptors (Lipinski definition) is 4. The zero-order chi connectivity index (χ0) is 13.7. The van der Waals surface area contributed by atoms with E-state index in [1.807, 2.05) is 0 Å². The molecule has 2 aliphatic rings. The van der Waals surface area contributed by atoms with E-state index in [9.17, 15) is 0 Å². The molecule has 0 aromatic rings. The number of nitrogens with zero attached hydrogens (tertiary/aromatic N) is 2. The maximum absolute atomic E-state index is 5.79. The third kappa shape index (κ3) is 5.38. The zero-order valence-corrected chi connectivity index (χ0v) is 13.0. The summed E-state index contributed by atoms with van der Waals surface area (Å²) in [4.78, 5) is 4.73. The molecule has 1 aliphatic carbocycles. The first-order chi connectivity index (χ1) is 9.10. The van der Waals surface area contributed by atoms with Gasteiger partial charge in [-0.2, -0.15) is 0 Å². The molecule has 1 saturated carbocycles. The van der Waals surface area contributed by atoms with Crippen molar-refractivity contribution in [2.24, 2.45) is 5.41 Å². The van der Waals surface area contributed by atoms with Crippen LogP contribution in [0.15, 0.2) is 0 Å². The molecule has 19 heavy (non-hydrogen) atoms. The molecule has 1 atom stereocenters. The van der Waals surface area contributed by atoms with E-state index in [0.717, 1.165) is 45.4 Å². The first-order valence-electron chi connectivity index (χ1n) is 7.74. The summed E-state index contributed by atoms with van der Waals surface area (Å²) in [5.74, 6) is 0. The minimum Gasteiger partial charge on any atom is -0.381 e. The van der Waals surface area contributed by atoms with Crippen LogP contribution in [0.4, 0.5) is 0 Å². The Morgan fingerprint density at radius 3 is 2.58 bits per heavy atom. The Hall–Kier alpha value is -0.160. The topological polar surface area (TPSA) is 27.7 Å². The summed E-state index contributed by atoms with van der Waals surface area (Å²) in [6, 6.07) is 0.797. The lowest BCUT2D eigenvalue weighted by molar-refractivity contribution is -0.0233. The highest BCUT2D eigenvalue weighted by Gasteiger charge is 2.35. The molecule has 0 spiro atoms. The molecule has 2 fully saturated rings. The second-order valence-electron chi connectivity index (χ2n) is 6.85. The van der Waals surface area contributed by atoms with Crippen molar-refractivity contribution in [1.82, 2.24) is 15.1 Å². The van der Waals surface area contributed by atoms with Crippen LogP contribution in [0.3, 0.4) is 0 Å². The number of hydrogen-bond donors (Lipinski definition) is 1. The summed E-state index contributed by atoms with van der Waals surface area (Å²) in [7, 11) is 6.53. The summed E-state index contributed by atoms with van der Waals surface area (Å²) < 4.78 is 5.79. The highest BCUT2D eigenvalue weighted by atomic mass is 16.5. The van der Waals surface area contributed by atoms with Gasteiger partial charge in [-0.05, 0) is 46.8 Å². The monoisotopic (exact) mass is 269 g/mol. The first kappa shape index (κ1) is 15.2. The SMILES string of the molecule is CN(C)CCN(C)CC1(CNC2CC2)CCCOC1. The molecule has 0 amide bonds. The summed E-state index contributed by atoms with van der Waals surface area (Å²) in [5.41, 5.74) is 0.335. The van der Waals surface area contributed by atoms with Crippen LogP contribution in [0.2, 0.25) is 0 Å². The van der Waals surface area contributed by atoms with Crippen molar-refractivity contribution in [3.63, 3.8) is 0 Å². The van der Waals surface area contributed by atoms with E-state index in [2.05, 4.69) is 36.3 Å². The molecular weight excluding hydrogens is 238 g/mol. The van der Waals surface area contributed by atoms with Crippen molar-refractivity contribution in [1.29, 1.82) is 0 Å². The third-order valence-electron chi connectivity index (χ3n) is 4.28.